The summed E-state index contributed by atoms with van der Waals surface area (Å²) >= 11 is 13.7. The van der Waals surface area contributed by atoms with Gasteiger partial charge in [-0.15, -0.1) is 10.2 Å². The van der Waals surface area contributed by atoms with Crippen LogP contribution in [-0.4, -0.2) is 42.6 Å². The Morgan fingerprint density at radius 2 is 1.84 bits per heavy atom. The second-order valence-corrected chi connectivity index (χ2v) is 11.6. The van der Waals surface area contributed by atoms with Crippen LogP contribution in [0, 0.1) is 6.92 Å². The number of halogens is 2. The number of benzene rings is 2. The first kappa shape index (κ1) is 26.3. The summed E-state index contributed by atoms with van der Waals surface area (Å²) in [5.74, 6) is 0.244. The van der Waals surface area contributed by atoms with Crippen molar-refractivity contribution >= 4 is 46.4 Å². The zero-order chi connectivity index (χ0) is 27.1. The highest BCUT2D eigenvalue weighted by Gasteiger charge is 2.32. The van der Waals surface area contributed by atoms with Crippen LogP contribution >= 0.6 is 34.5 Å². The van der Waals surface area contributed by atoms with Crippen LogP contribution in [0.3, 0.4) is 0 Å². The molecule has 11 heteroatoms. The molecule has 0 saturated carbocycles. The molecule has 0 radical (unpaired) electrons. The predicted octanol–water partition coefficient (Wildman–Crippen LogP) is 5.77. The van der Waals surface area contributed by atoms with Gasteiger partial charge in [0.1, 0.15) is 10.0 Å². The fraction of sp³-hybridized carbons (Fsp3) is 0.296. The third-order valence-electron chi connectivity index (χ3n) is 6.36. The van der Waals surface area contributed by atoms with Gasteiger partial charge in [-0.2, -0.15) is 0 Å². The Morgan fingerprint density at radius 1 is 1.11 bits per heavy atom. The van der Waals surface area contributed by atoms with Crippen LogP contribution in [0.4, 0.5) is 5.95 Å². The molecule has 1 atom stereocenters. The summed E-state index contributed by atoms with van der Waals surface area (Å²) in [6.07, 6.45) is 0.387. The molecule has 5 rings (SSSR count). The average Bonchev–Trinajstić information content (AvgIpc) is 3.32. The van der Waals surface area contributed by atoms with E-state index in [0.29, 0.717) is 44.9 Å². The number of carbonyl (C=O) groups excluding carboxylic acids is 1. The number of hydrogen-bond acceptors (Lipinski definition) is 7. The highest BCUT2D eigenvalue weighted by Crippen LogP contribution is 2.28. The molecule has 196 valence electrons. The van der Waals surface area contributed by atoms with Crippen LogP contribution in [0.15, 0.2) is 47.3 Å². The summed E-state index contributed by atoms with van der Waals surface area (Å²) in [7, 11) is 0. The van der Waals surface area contributed by atoms with Gasteiger partial charge in [0.25, 0.3) is 11.5 Å². The smallest absolute Gasteiger partial charge is 0.263 e. The van der Waals surface area contributed by atoms with E-state index >= 15 is 0 Å². The maximum Gasteiger partial charge on any atom is 0.263 e. The molecule has 2 aromatic carbocycles. The normalized spacial score (nSPS) is 15.0. The minimum absolute atomic E-state index is 0.0336. The molecule has 3 heterocycles. The number of aryl methyl sites for hydroxylation is 1. The van der Waals surface area contributed by atoms with E-state index in [-0.39, 0.29) is 30.1 Å². The zero-order valence-electron chi connectivity index (χ0n) is 21.3. The Hall–Kier alpha value is -3.27. The van der Waals surface area contributed by atoms with E-state index < -0.39 is 0 Å². The van der Waals surface area contributed by atoms with Crippen LogP contribution in [0.2, 0.25) is 10.0 Å². The van der Waals surface area contributed by atoms with Crippen molar-refractivity contribution in [2.24, 2.45) is 0 Å². The van der Waals surface area contributed by atoms with Crippen molar-refractivity contribution < 1.29 is 4.79 Å². The van der Waals surface area contributed by atoms with E-state index in [9.17, 15) is 9.59 Å². The van der Waals surface area contributed by atoms with Gasteiger partial charge in [-0.25, -0.2) is 9.55 Å². The minimum Gasteiger partial charge on any atom is -0.353 e. The molecule has 4 aromatic rings. The predicted molar refractivity (Wildman–Crippen MR) is 152 cm³/mol. The molecule has 0 saturated heterocycles. The Kier molecular flexibility index (Phi) is 7.26. The molecule has 0 bridgehead atoms. The molecular formula is C27H26Cl2N6O2S. The quantitative estimate of drug-likeness (QED) is 0.328. The van der Waals surface area contributed by atoms with Crippen LogP contribution in [0.1, 0.15) is 47.4 Å². The maximum atomic E-state index is 13.9. The fourth-order valence-electron chi connectivity index (χ4n) is 4.49. The van der Waals surface area contributed by atoms with Gasteiger partial charge < -0.3 is 10.2 Å². The van der Waals surface area contributed by atoms with Crippen LogP contribution in [0.25, 0.3) is 16.3 Å². The largest absolute Gasteiger partial charge is 0.353 e. The van der Waals surface area contributed by atoms with E-state index in [0.717, 1.165) is 15.6 Å². The molecule has 0 aliphatic carbocycles. The maximum absolute atomic E-state index is 13.9. The molecule has 1 amide bonds. The molecule has 0 unspecified atom stereocenters. The second kappa shape index (κ2) is 10.5. The van der Waals surface area contributed by atoms with E-state index in [1.54, 1.807) is 27.7 Å². The van der Waals surface area contributed by atoms with E-state index in [4.69, 9.17) is 28.2 Å². The lowest BCUT2D eigenvalue weighted by atomic mass is 9.98. The van der Waals surface area contributed by atoms with Crippen molar-refractivity contribution in [3.05, 3.63) is 84.7 Å². The third kappa shape index (κ3) is 5.06. The summed E-state index contributed by atoms with van der Waals surface area (Å²) in [5.41, 5.74) is 3.11. The lowest BCUT2D eigenvalue weighted by molar-refractivity contribution is 0.0653. The Balaban J connectivity index is 1.53. The highest BCUT2D eigenvalue weighted by molar-refractivity contribution is 7.14. The number of nitrogens with one attached hydrogen (secondary N) is 1. The first-order valence-corrected chi connectivity index (χ1v) is 13.8. The second-order valence-electron chi connectivity index (χ2n) is 9.59. The van der Waals surface area contributed by atoms with Gasteiger partial charge in [-0.3, -0.25) is 9.59 Å². The lowest BCUT2D eigenvalue weighted by Gasteiger charge is -2.34. The number of carbonyl (C=O) groups is 1. The molecule has 1 aliphatic heterocycles. The standard InChI is InChI=1S/C27H26Cl2N6O2S/c1-14(2)30-27-31-23-13-34(25(36)18-7-10-21(28)22(29)12-18)15(3)11-20(23)26(37)35(27)19-8-5-17(6-9-19)24-33-32-16(4)38-24/h5-10,12,14-15H,11,13H2,1-4H3,(H,30,31)/t15-/m1/s1. The topological polar surface area (TPSA) is 93.0 Å². The Bertz CT molecular complexity index is 1580. The zero-order valence-corrected chi connectivity index (χ0v) is 23.7. The van der Waals surface area contributed by atoms with Crippen molar-refractivity contribution in [2.45, 2.75) is 52.7 Å². The lowest BCUT2D eigenvalue weighted by Crippen LogP contribution is -2.46. The van der Waals surface area contributed by atoms with Crippen molar-refractivity contribution in [2.75, 3.05) is 5.32 Å². The number of hydrogen-bond donors (Lipinski definition) is 1. The Morgan fingerprint density at radius 3 is 2.47 bits per heavy atom. The number of aromatic nitrogens is 4. The van der Waals surface area contributed by atoms with Gasteiger partial charge in [0.2, 0.25) is 5.95 Å². The summed E-state index contributed by atoms with van der Waals surface area (Å²) in [4.78, 5) is 33.8. The molecular weight excluding hydrogens is 543 g/mol. The van der Waals surface area contributed by atoms with Crippen molar-refractivity contribution in [3.63, 3.8) is 0 Å². The summed E-state index contributed by atoms with van der Waals surface area (Å²) < 4.78 is 1.61. The fourth-order valence-corrected chi connectivity index (χ4v) is 5.48. The van der Waals surface area contributed by atoms with Gasteiger partial charge >= 0.3 is 0 Å². The number of amides is 1. The van der Waals surface area contributed by atoms with E-state index in [1.807, 2.05) is 52.0 Å². The molecule has 1 N–H and O–H groups in total. The van der Waals surface area contributed by atoms with E-state index in [1.165, 1.54) is 11.3 Å². The Labute approximate surface area is 234 Å². The highest BCUT2D eigenvalue weighted by atomic mass is 35.5. The number of fused-ring (bicyclic) bond motifs is 1. The van der Waals surface area contributed by atoms with Gasteiger partial charge in [0, 0.05) is 28.8 Å². The number of rotatable bonds is 5. The van der Waals surface area contributed by atoms with Crippen LogP contribution < -0.4 is 10.9 Å². The number of nitrogens with zero attached hydrogens (tertiary/aromatic N) is 5. The summed E-state index contributed by atoms with van der Waals surface area (Å²) in [6, 6.07) is 12.3. The van der Waals surface area contributed by atoms with Gasteiger partial charge in [-0.1, -0.05) is 34.5 Å². The molecule has 2 aromatic heterocycles. The molecule has 1 aliphatic rings. The number of anilines is 1. The van der Waals surface area contributed by atoms with Crippen molar-refractivity contribution in [1.82, 2.24) is 24.6 Å². The minimum atomic E-state index is -0.209. The summed E-state index contributed by atoms with van der Waals surface area (Å²) in [5, 5.41) is 14.0. The van der Waals surface area contributed by atoms with Crippen molar-refractivity contribution in [1.29, 1.82) is 0 Å². The van der Waals surface area contributed by atoms with Gasteiger partial charge in [-0.05, 0) is 76.6 Å². The summed E-state index contributed by atoms with van der Waals surface area (Å²) in [6.45, 7) is 8.03. The molecule has 0 spiro atoms. The molecule has 8 nitrogen and oxygen atoms in total. The first-order chi connectivity index (χ1) is 18.1. The van der Waals surface area contributed by atoms with E-state index in [2.05, 4.69) is 15.5 Å². The van der Waals surface area contributed by atoms with Crippen molar-refractivity contribution in [3.8, 4) is 16.3 Å². The van der Waals surface area contributed by atoms with Gasteiger partial charge in [0.05, 0.1) is 28.0 Å². The van der Waals surface area contributed by atoms with Crippen LogP contribution in [-0.2, 0) is 13.0 Å². The molecule has 38 heavy (non-hydrogen) atoms. The average molecular weight is 570 g/mol. The third-order valence-corrected chi connectivity index (χ3v) is 7.98. The van der Waals surface area contributed by atoms with Crippen LogP contribution in [0.5, 0.6) is 0 Å². The SMILES string of the molecule is Cc1nnc(-c2ccc(-n3c(NC(C)C)nc4c(c3=O)C[C@@H](C)N(C(=O)c3ccc(Cl)c(Cl)c3)C4)cc2)s1. The monoisotopic (exact) mass is 568 g/mol. The van der Waals surface area contributed by atoms with Gasteiger partial charge in [0.15, 0.2) is 0 Å². The molecule has 0 fully saturated rings. The first-order valence-electron chi connectivity index (χ1n) is 12.2.